The SMILES string of the molecule is CCOc1cc(-c2nc(N3CCOC[C@H]3C)cc([C@]3(C)CCCS3(=O)=O)n2)c2c(n1)CC=C2. The Morgan fingerprint density at radius 1 is 1.27 bits per heavy atom. The molecule has 2 aromatic heterocycles. The fraction of sp³-hybridized carbons (Fsp3) is 0.542. The number of aromatic nitrogens is 3. The van der Waals surface area contributed by atoms with Gasteiger partial charge in [-0.05, 0) is 33.6 Å². The molecule has 0 radical (unpaired) electrons. The van der Waals surface area contributed by atoms with Crippen LogP contribution < -0.4 is 9.64 Å². The quantitative estimate of drug-likeness (QED) is 0.658. The zero-order valence-electron chi connectivity index (χ0n) is 19.4. The molecule has 33 heavy (non-hydrogen) atoms. The minimum atomic E-state index is -3.31. The largest absolute Gasteiger partial charge is 0.478 e. The van der Waals surface area contributed by atoms with E-state index in [9.17, 15) is 8.42 Å². The highest BCUT2D eigenvalue weighted by atomic mass is 32.2. The van der Waals surface area contributed by atoms with Crippen molar-refractivity contribution in [2.75, 3.05) is 37.0 Å². The van der Waals surface area contributed by atoms with Crippen LogP contribution in [0.5, 0.6) is 5.88 Å². The van der Waals surface area contributed by atoms with Crippen molar-refractivity contribution in [2.45, 2.75) is 50.8 Å². The molecule has 2 fully saturated rings. The Balaban J connectivity index is 1.72. The third-order valence-electron chi connectivity index (χ3n) is 6.91. The Hall–Kier alpha value is -2.52. The van der Waals surface area contributed by atoms with Crippen molar-refractivity contribution in [1.29, 1.82) is 0 Å². The van der Waals surface area contributed by atoms with Crippen LogP contribution >= 0.6 is 0 Å². The van der Waals surface area contributed by atoms with Gasteiger partial charge in [-0.25, -0.2) is 23.4 Å². The summed E-state index contributed by atoms with van der Waals surface area (Å²) < 4.78 is 36.5. The normalized spacial score (nSPS) is 25.9. The standard InChI is InChI=1S/C24H30N4O4S/c1-4-32-22-13-18(17-7-5-8-19(17)25-22)23-26-20(24(3)9-6-12-33(24,29)30)14-21(27-23)28-10-11-31-15-16(28)2/h5,7,13-14,16H,4,6,8-12,15H2,1-3H3/t16-,24+/m1/s1. The van der Waals surface area contributed by atoms with Crippen molar-refractivity contribution in [1.82, 2.24) is 15.0 Å². The van der Waals surface area contributed by atoms with Gasteiger partial charge in [-0.3, -0.25) is 0 Å². The fourth-order valence-corrected chi connectivity index (χ4v) is 6.78. The first-order valence-corrected chi connectivity index (χ1v) is 13.3. The molecule has 0 amide bonds. The molecule has 0 unspecified atom stereocenters. The number of hydrogen-bond acceptors (Lipinski definition) is 8. The molecule has 2 aromatic rings. The van der Waals surface area contributed by atoms with Crippen LogP contribution in [0.2, 0.25) is 0 Å². The third kappa shape index (κ3) is 3.81. The van der Waals surface area contributed by atoms with Crippen molar-refractivity contribution >= 4 is 21.7 Å². The number of morpholine rings is 1. The number of nitrogens with zero attached hydrogens (tertiary/aromatic N) is 4. The van der Waals surface area contributed by atoms with Crippen LogP contribution in [0, 0.1) is 0 Å². The number of ether oxygens (including phenoxy) is 2. The maximum absolute atomic E-state index is 13.1. The molecule has 8 nitrogen and oxygen atoms in total. The van der Waals surface area contributed by atoms with E-state index >= 15 is 0 Å². The highest BCUT2D eigenvalue weighted by molar-refractivity contribution is 7.92. The van der Waals surface area contributed by atoms with Gasteiger partial charge in [0.05, 0.1) is 43.0 Å². The van der Waals surface area contributed by atoms with E-state index in [2.05, 4.69) is 22.9 Å². The Morgan fingerprint density at radius 2 is 2.12 bits per heavy atom. The molecule has 1 aliphatic carbocycles. The molecule has 0 N–H and O–H groups in total. The van der Waals surface area contributed by atoms with Gasteiger partial charge < -0.3 is 14.4 Å². The first-order chi connectivity index (χ1) is 15.8. The van der Waals surface area contributed by atoms with Crippen LogP contribution in [0.3, 0.4) is 0 Å². The molecule has 2 atom stereocenters. The van der Waals surface area contributed by atoms with E-state index in [1.165, 1.54) is 0 Å². The molecule has 2 aliphatic heterocycles. The fourth-order valence-electron chi connectivity index (χ4n) is 4.93. The summed E-state index contributed by atoms with van der Waals surface area (Å²) in [6, 6.07) is 3.87. The molecule has 4 heterocycles. The Kier molecular flexibility index (Phi) is 5.64. The van der Waals surface area contributed by atoms with E-state index < -0.39 is 14.6 Å². The minimum absolute atomic E-state index is 0.129. The van der Waals surface area contributed by atoms with Crippen LogP contribution in [0.25, 0.3) is 17.5 Å². The predicted molar refractivity (Wildman–Crippen MR) is 127 cm³/mol. The third-order valence-corrected chi connectivity index (χ3v) is 9.52. The first kappa shape index (κ1) is 22.3. The molecule has 176 valence electrons. The van der Waals surface area contributed by atoms with Gasteiger partial charge in [0.2, 0.25) is 5.88 Å². The number of rotatable bonds is 5. The molecular formula is C24H30N4O4S. The number of hydrogen-bond donors (Lipinski definition) is 0. The summed E-state index contributed by atoms with van der Waals surface area (Å²) in [5, 5.41) is 0. The lowest BCUT2D eigenvalue weighted by Crippen LogP contribution is -2.44. The second kappa shape index (κ2) is 8.36. The van der Waals surface area contributed by atoms with E-state index in [-0.39, 0.29) is 11.8 Å². The van der Waals surface area contributed by atoms with Gasteiger partial charge in [-0.2, -0.15) is 0 Å². The Morgan fingerprint density at radius 3 is 2.85 bits per heavy atom. The molecule has 3 aliphatic rings. The van der Waals surface area contributed by atoms with Gasteiger partial charge in [-0.15, -0.1) is 0 Å². The van der Waals surface area contributed by atoms with E-state index in [1.807, 2.05) is 25.1 Å². The van der Waals surface area contributed by atoms with Gasteiger partial charge in [0.1, 0.15) is 10.6 Å². The summed E-state index contributed by atoms with van der Waals surface area (Å²) >= 11 is 0. The zero-order valence-corrected chi connectivity index (χ0v) is 20.2. The summed E-state index contributed by atoms with van der Waals surface area (Å²) in [7, 11) is -3.31. The smallest absolute Gasteiger partial charge is 0.214 e. The van der Waals surface area contributed by atoms with Crippen LogP contribution in [0.15, 0.2) is 18.2 Å². The minimum Gasteiger partial charge on any atom is -0.478 e. The van der Waals surface area contributed by atoms with Gasteiger partial charge in [0.15, 0.2) is 15.7 Å². The van der Waals surface area contributed by atoms with Crippen molar-refractivity contribution in [3.8, 4) is 17.3 Å². The molecule has 0 bridgehead atoms. The number of allylic oxidation sites excluding steroid dienone is 1. The average molecular weight is 471 g/mol. The van der Waals surface area contributed by atoms with Gasteiger partial charge >= 0.3 is 0 Å². The second-order valence-corrected chi connectivity index (χ2v) is 11.7. The zero-order chi connectivity index (χ0) is 23.2. The summed E-state index contributed by atoms with van der Waals surface area (Å²) in [5.74, 6) is 1.97. The van der Waals surface area contributed by atoms with Gasteiger partial charge in [0.25, 0.3) is 0 Å². The number of anilines is 1. The lowest BCUT2D eigenvalue weighted by molar-refractivity contribution is 0.0985. The van der Waals surface area contributed by atoms with Crippen LogP contribution in [0.4, 0.5) is 5.82 Å². The van der Waals surface area contributed by atoms with E-state index in [1.54, 1.807) is 6.92 Å². The monoisotopic (exact) mass is 470 g/mol. The van der Waals surface area contributed by atoms with E-state index in [0.29, 0.717) is 56.6 Å². The lowest BCUT2D eigenvalue weighted by atomic mass is 10.00. The predicted octanol–water partition coefficient (Wildman–Crippen LogP) is 3.16. The Bertz CT molecular complexity index is 1210. The molecule has 0 spiro atoms. The lowest BCUT2D eigenvalue weighted by Gasteiger charge is -2.35. The Labute approximate surface area is 195 Å². The van der Waals surface area contributed by atoms with Crippen molar-refractivity contribution in [3.63, 3.8) is 0 Å². The molecule has 0 aromatic carbocycles. The summed E-state index contributed by atoms with van der Waals surface area (Å²) in [6.45, 7) is 8.23. The summed E-state index contributed by atoms with van der Waals surface area (Å²) in [5.41, 5.74) is 3.27. The van der Waals surface area contributed by atoms with Crippen LogP contribution in [-0.4, -0.2) is 61.5 Å². The van der Waals surface area contributed by atoms with Crippen molar-refractivity contribution in [2.24, 2.45) is 0 Å². The molecule has 5 rings (SSSR count). The number of sulfone groups is 1. The number of fused-ring (bicyclic) bond motifs is 1. The number of pyridine rings is 1. The topological polar surface area (TPSA) is 94.5 Å². The van der Waals surface area contributed by atoms with Crippen molar-refractivity contribution < 1.29 is 17.9 Å². The first-order valence-electron chi connectivity index (χ1n) is 11.6. The second-order valence-electron chi connectivity index (χ2n) is 9.11. The highest BCUT2D eigenvalue weighted by Gasteiger charge is 2.47. The van der Waals surface area contributed by atoms with Crippen molar-refractivity contribution in [3.05, 3.63) is 35.2 Å². The van der Waals surface area contributed by atoms with Gasteiger partial charge in [-0.1, -0.05) is 12.2 Å². The molecular weight excluding hydrogens is 440 g/mol. The average Bonchev–Trinajstić information content (AvgIpc) is 3.37. The van der Waals surface area contributed by atoms with E-state index in [0.717, 1.165) is 29.1 Å². The summed E-state index contributed by atoms with van der Waals surface area (Å²) in [6.07, 6.45) is 6.02. The molecule has 2 saturated heterocycles. The summed E-state index contributed by atoms with van der Waals surface area (Å²) in [4.78, 5) is 16.7. The van der Waals surface area contributed by atoms with E-state index in [4.69, 9.17) is 19.4 Å². The maximum atomic E-state index is 13.1. The maximum Gasteiger partial charge on any atom is 0.214 e. The molecule has 9 heteroatoms. The van der Waals surface area contributed by atoms with Crippen LogP contribution in [0.1, 0.15) is 50.6 Å². The van der Waals surface area contributed by atoms with Crippen LogP contribution in [-0.2, 0) is 25.7 Å². The molecule has 0 saturated carbocycles. The van der Waals surface area contributed by atoms with Gasteiger partial charge in [0, 0.05) is 36.2 Å². The highest BCUT2D eigenvalue weighted by Crippen LogP contribution is 2.42.